The van der Waals surface area contributed by atoms with Crippen molar-refractivity contribution in [2.75, 3.05) is 7.11 Å². The molecule has 1 aromatic carbocycles. The van der Waals surface area contributed by atoms with Crippen molar-refractivity contribution in [1.82, 2.24) is 0 Å². The van der Waals surface area contributed by atoms with Gasteiger partial charge in [-0.1, -0.05) is 45.0 Å². The Balaban J connectivity index is 2.97. The first kappa shape index (κ1) is 12.8. The first-order valence-corrected chi connectivity index (χ1v) is 5.76. The average molecular weight is 220 g/mol. The van der Waals surface area contributed by atoms with Crippen LogP contribution in [0.4, 0.5) is 0 Å². The van der Waals surface area contributed by atoms with Gasteiger partial charge in [-0.2, -0.15) is 0 Å². The van der Waals surface area contributed by atoms with Gasteiger partial charge in [-0.15, -0.1) is 0 Å². The number of benzene rings is 1. The largest absolute Gasteiger partial charge is 0.469 e. The summed E-state index contributed by atoms with van der Waals surface area (Å²) in [6.45, 7) is 6.19. The van der Waals surface area contributed by atoms with E-state index < -0.39 is 0 Å². The first-order chi connectivity index (χ1) is 7.60. The number of aryl methyl sites for hydroxylation is 1. The number of methoxy groups -OCH3 is 1. The first-order valence-electron chi connectivity index (χ1n) is 5.76. The number of hydrogen-bond acceptors (Lipinski definition) is 2. The zero-order chi connectivity index (χ0) is 12.1. The summed E-state index contributed by atoms with van der Waals surface area (Å²) in [4.78, 5) is 11.7. The third kappa shape index (κ3) is 2.84. The second-order valence-corrected chi connectivity index (χ2v) is 4.34. The topological polar surface area (TPSA) is 26.3 Å². The van der Waals surface area contributed by atoms with E-state index in [9.17, 15) is 4.79 Å². The van der Waals surface area contributed by atoms with E-state index >= 15 is 0 Å². The molecule has 1 unspecified atom stereocenters. The Kier molecular flexibility index (Phi) is 4.53. The smallest absolute Gasteiger partial charge is 0.313 e. The molecule has 2 heteroatoms. The van der Waals surface area contributed by atoms with Crippen LogP contribution in [0.2, 0.25) is 0 Å². The second-order valence-electron chi connectivity index (χ2n) is 4.34. The van der Waals surface area contributed by atoms with Crippen LogP contribution in [0.5, 0.6) is 0 Å². The lowest BCUT2D eigenvalue weighted by molar-refractivity contribution is -0.143. The Labute approximate surface area is 97.6 Å². The third-order valence-electron chi connectivity index (χ3n) is 2.87. The van der Waals surface area contributed by atoms with E-state index in [0.717, 1.165) is 12.0 Å². The van der Waals surface area contributed by atoms with E-state index in [4.69, 9.17) is 4.74 Å². The molecule has 0 bridgehead atoms. The molecule has 0 aliphatic heterocycles. The highest BCUT2D eigenvalue weighted by molar-refractivity contribution is 5.78. The highest BCUT2D eigenvalue weighted by atomic mass is 16.5. The van der Waals surface area contributed by atoms with E-state index in [2.05, 4.69) is 19.1 Å². The van der Waals surface area contributed by atoms with Crippen LogP contribution >= 0.6 is 0 Å². The summed E-state index contributed by atoms with van der Waals surface area (Å²) >= 11 is 0. The lowest BCUT2D eigenvalue weighted by atomic mass is 9.88. The monoisotopic (exact) mass is 220 g/mol. The molecule has 0 saturated carbocycles. The van der Waals surface area contributed by atoms with E-state index in [1.54, 1.807) is 0 Å². The second kappa shape index (κ2) is 5.69. The number of hydrogen-bond donors (Lipinski definition) is 0. The Hall–Kier alpha value is -1.31. The van der Waals surface area contributed by atoms with Crippen LogP contribution in [0.25, 0.3) is 0 Å². The van der Waals surface area contributed by atoms with Gasteiger partial charge in [-0.25, -0.2) is 0 Å². The summed E-state index contributed by atoms with van der Waals surface area (Å²) in [7, 11) is 1.44. The normalized spacial score (nSPS) is 12.6. The molecule has 1 aromatic rings. The molecular weight excluding hydrogens is 200 g/mol. The van der Waals surface area contributed by atoms with Crippen LogP contribution in [0, 0.1) is 5.92 Å². The fourth-order valence-corrected chi connectivity index (χ4v) is 1.88. The van der Waals surface area contributed by atoms with Crippen LogP contribution in [0.3, 0.4) is 0 Å². The van der Waals surface area contributed by atoms with E-state index in [0.29, 0.717) is 0 Å². The quantitative estimate of drug-likeness (QED) is 0.728. The van der Waals surface area contributed by atoms with Crippen molar-refractivity contribution in [2.24, 2.45) is 5.92 Å². The molecular formula is C14H20O2. The molecule has 16 heavy (non-hydrogen) atoms. The number of rotatable bonds is 4. The van der Waals surface area contributed by atoms with Gasteiger partial charge in [0.05, 0.1) is 13.0 Å². The van der Waals surface area contributed by atoms with Crippen molar-refractivity contribution < 1.29 is 9.53 Å². The maximum Gasteiger partial charge on any atom is 0.313 e. The van der Waals surface area contributed by atoms with Gasteiger partial charge in [-0.3, -0.25) is 4.79 Å². The summed E-state index contributed by atoms with van der Waals surface area (Å²) in [6.07, 6.45) is 1.02. The fraction of sp³-hybridized carbons (Fsp3) is 0.500. The van der Waals surface area contributed by atoms with Gasteiger partial charge in [0.25, 0.3) is 0 Å². The number of esters is 1. The van der Waals surface area contributed by atoms with Gasteiger partial charge < -0.3 is 4.74 Å². The molecule has 0 N–H and O–H groups in total. The van der Waals surface area contributed by atoms with Crippen molar-refractivity contribution in [3.8, 4) is 0 Å². The molecule has 0 spiro atoms. The lowest BCUT2D eigenvalue weighted by Crippen LogP contribution is -2.19. The highest BCUT2D eigenvalue weighted by Gasteiger charge is 2.24. The summed E-state index contributed by atoms with van der Waals surface area (Å²) in [5.74, 6) is -0.0601. The van der Waals surface area contributed by atoms with Gasteiger partial charge in [0.15, 0.2) is 0 Å². The van der Waals surface area contributed by atoms with Crippen molar-refractivity contribution in [2.45, 2.75) is 33.1 Å². The molecule has 0 aromatic heterocycles. The summed E-state index contributed by atoms with van der Waals surface area (Å²) in [5, 5.41) is 0. The zero-order valence-electron chi connectivity index (χ0n) is 10.5. The van der Waals surface area contributed by atoms with E-state index in [1.807, 2.05) is 26.0 Å². The fourth-order valence-electron chi connectivity index (χ4n) is 1.88. The minimum Gasteiger partial charge on any atom is -0.469 e. The van der Waals surface area contributed by atoms with Gasteiger partial charge in [-0.05, 0) is 23.5 Å². The molecule has 0 heterocycles. The molecule has 0 saturated heterocycles. The van der Waals surface area contributed by atoms with Crippen LogP contribution in [-0.4, -0.2) is 13.1 Å². The standard InChI is InChI=1S/C14H20O2/c1-5-11-6-8-12(9-7-11)13(10(2)3)14(15)16-4/h6-10,13H,5H2,1-4H3. The molecule has 0 radical (unpaired) electrons. The molecule has 0 amide bonds. The molecule has 88 valence electrons. The van der Waals surface area contributed by atoms with Crippen molar-refractivity contribution in [3.05, 3.63) is 35.4 Å². The van der Waals surface area contributed by atoms with Crippen molar-refractivity contribution in [1.29, 1.82) is 0 Å². The van der Waals surface area contributed by atoms with Crippen LogP contribution < -0.4 is 0 Å². The predicted octanol–water partition coefficient (Wildman–Crippen LogP) is 3.16. The maximum atomic E-state index is 11.7. The van der Waals surface area contributed by atoms with Gasteiger partial charge in [0, 0.05) is 0 Å². The van der Waals surface area contributed by atoms with Crippen molar-refractivity contribution in [3.63, 3.8) is 0 Å². The van der Waals surface area contributed by atoms with Gasteiger partial charge >= 0.3 is 5.97 Å². The van der Waals surface area contributed by atoms with Crippen molar-refractivity contribution >= 4 is 5.97 Å². The Morgan fingerprint density at radius 3 is 2.19 bits per heavy atom. The molecule has 1 rings (SSSR count). The van der Waals surface area contributed by atoms with Crippen LogP contribution in [0.15, 0.2) is 24.3 Å². The molecule has 0 aliphatic rings. The van der Waals surface area contributed by atoms with Crippen LogP contribution in [0.1, 0.15) is 37.8 Å². The van der Waals surface area contributed by atoms with Crippen LogP contribution in [-0.2, 0) is 16.0 Å². The SMILES string of the molecule is CCc1ccc(C(C(=O)OC)C(C)C)cc1. The van der Waals surface area contributed by atoms with Gasteiger partial charge in [0.2, 0.25) is 0 Å². The van der Waals surface area contributed by atoms with E-state index in [-0.39, 0.29) is 17.8 Å². The molecule has 1 atom stereocenters. The Morgan fingerprint density at radius 2 is 1.81 bits per heavy atom. The summed E-state index contributed by atoms with van der Waals surface area (Å²) in [6, 6.07) is 8.21. The Bertz CT molecular complexity index is 338. The minimum absolute atomic E-state index is 0.153. The summed E-state index contributed by atoms with van der Waals surface area (Å²) < 4.78 is 4.85. The van der Waals surface area contributed by atoms with Gasteiger partial charge in [0.1, 0.15) is 0 Å². The number of carbonyl (C=O) groups excluding carboxylic acids is 1. The minimum atomic E-state index is -0.157. The highest BCUT2D eigenvalue weighted by Crippen LogP contribution is 2.26. The lowest BCUT2D eigenvalue weighted by Gasteiger charge is -2.18. The number of carbonyl (C=O) groups is 1. The molecule has 2 nitrogen and oxygen atoms in total. The third-order valence-corrected chi connectivity index (χ3v) is 2.87. The molecule has 0 fully saturated rings. The average Bonchev–Trinajstić information content (AvgIpc) is 2.29. The maximum absolute atomic E-state index is 11.7. The Morgan fingerprint density at radius 1 is 1.25 bits per heavy atom. The molecule has 0 aliphatic carbocycles. The summed E-state index contributed by atoms with van der Waals surface area (Å²) in [5.41, 5.74) is 2.33. The number of ether oxygens (including phenoxy) is 1. The predicted molar refractivity (Wildman–Crippen MR) is 65.4 cm³/mol. The zero-order valence-corrected chi connectivity index (χ0v) is 10.5. The van der Waals surface area contributed by atoms with E-state index in [1.165, 1.54) is 12.7 Å².